The number of hydrogen-bond donors (Lipinski definition) is 1. The molecule has 130 valence electrons. The highest BCUT2D eigenvalue weighted by atomic mass is 35.5. The van der Waals surface area contributed by atoms with Crippen LogP contribution in [0.25, 0.3) is 22.2 Å². The minimum Gasteiger partial charge on any atom is -0.507 e. The summed E-state index contributed by atoms with van der Waals surface area (Å²) in [7, 11) is -4.02. The number of hydrogen-bond acceptors (Lipinski definition) is 3. The molecule has 0 bridgehead atoms. The topological polar surface area (TPSA) is 59.3 Å². The summed E-state index contributed by atoms with van der Waals surface area (Å²) in [4.78, 5) is -0.148. The van der Waals surface area contributed by atoms with Gasteiger partial charge in [0.05, 0.1) is 11.2 Å². The van der Waals surface area contributed by atoms with Gasteiger partial charge >= 0.3 is 0 Å². The van der Waals surface area contributed by atoms with Crippen molar-refractivity contribution < 1.29 is 13.5 Å². The molecule has 3 aromatic carbocycles. The summed E-state index contributed by atoms with van der Waals surface area (Å²) in [5.74, 6) is -0.290. The lowest BCUT2D eigenvalue weighted by molar-refractivity contribution is 0.458. The van der Waals surface area contributed by atoms with Crippen molar-refractivity contribution in [1.29, 1.82) is 0 Å². The Balaban J connectivity index is 2.10. The van der Waals surface area contributed by atoms with Gasteiger partial charge < -0.3 is 5.11 Å². The van der Waals surface area contributed by atoms with E-state index in [0.29, 0.717) is 21.6 Å². The van der Waals surface area contributed by atoms with Gasteiger partial charge in [0.1, 0.15) is 10.6 Å². The van der Waals surface area contributed by atoms with E-state index in [1.807, 2.05) is 30.3 Å². The number of phenols is 1. The van der Waals surface area contributed by atoms with E-state index in [2.05, 4.69) is 0 Å². The molecule has 6 heteroatoms. The highest BCUT2D eigenvalue weighted by molar-refractivity contribution is 7.90. The van der Waals surface area contributed by atoms with Crippen LogP contribution in [0.5, 0.6) is 5.75 Å². The lowest BCUT2D eigenvalue weighted by atomic mass is 10.1. The molecule has 4 nitrogen and oxygen atoms in total. The van der Waals surface area contributed by atoms with Crippen LogP contribution >= 0.6 is 11.6 Å². The minimum atomic E-state index is -4.02. The number of nitrogens with zero attached hydrogens (tertiary/aromatic N) is 1. The van der Waals surface area contributed by atoms with Gasteiger partial charge in [-0.3, -0.25) is 0 Å². The number of benzene rings is 3. The highest BCUT2D eigenvalue weighted by Crippen LogP contribution is 2.35. The molecule has 0 fully saturated rings. The lowest BCUT2D eigenvalue weighted by Gasteiger charge is -2.13. The Labute approximate surface area is 156 Å². The molecule has 0 unspecified atom stereocenters. The van der Waals surface area contributed by atoms with Gasteiger partial charge in [-0.15, -0.1) is 0 Å². The summed E-state index contributed by atoms with van der Waals surface area (Å²) >= 11 is 6.08. The normalized spacial score (nSPS) is 11.7. The smallest absolute Gasteiger partial charge is 0.272 e. The quantitative estimate of drug-likeness (QED) is 0.547. The molecule has 0 spiro atoms. The molecule has 0 saturated heterocycles. The lowest BCUT2D eigenvalue weighted by Crippen LogP contribution is -2.14. The first-order valence-corrected chi connectivity index (χ1v) is 9.70. The molecule has 26 heavy (non-hydrogen) atoms. The fourth-order valence-electron chi connectivity index (χ4n) is 3.00. The van der Waals surface area contributed by atoms with Crippen LogP contribution in [-0.2, 0) is 10.0 Å². The fourth-order valence-corrected chi connectivity index (χ4v) is 4.81. The third-order valence-corrected chi connectivity index (χ3v) is 6.18. The molecular weight excluding hydrogens is 370 g/mol. The second kappa shape index (κ2) is 6.20. The number of aromatic nitrogens is 1. The summed E-state index contributed by atoms with van der Waals surface area (Å²) in [6.07, 6.45) is 0. The maximum Gasteiger partial charge on any atom is 0.272 e. The minimum absolute atomic E-state index is 0.148. The molecule has 0 saturated carbocycles. The van der Waals surface area contributed by atoms with Crippen molar-refractivity contribution in [1.82, 2.24) is 3.97 Å². The van der Waals surface area contributed by atoms with Gasteiger partial charge in [-0.25, -0.2) is 12.4 Å². The summed E-state index contributed by atoms with van der Waals surface area (Å²) < 4.78 is 28.0. The second-order valence-corrected chi connectivity index (χ2v) is 8.03. The molecule has 0 aliphatic rings. The molecule has 0 amide bonds. The zero-order chi connectivity index (χ0) is 18.3. The summed E-state index contributed by atoms with van der Waals surface area (Å²) in [6, 6.07) is 22.0. The molecule has 4 aromatic rings. The molecule has 4 rings (SSSR count). The van der Waals surface area contributed by atoms with Crippen LogP contribution in [0.15, 0.2) is 83.8 Å². The van der Waals surface area contributed by atoms with Gasteiger partial charge in [-0.1, -0.05) is 54.1 Å². The zero-order valence-corrected chi connectivity index (χ0v) is 15.1. The van der Waals surface area contributed by atoms with Crippen molar-refractivity contribution in [3.05, 3.63) is 83.9 Å². The van der Waals surface area contributed by atoms with Gasteiger partial charge in [0.25, 0.3) is 10.0 Å². The molecule has 1 heterocycles. The Kier molecular flexibility index (Phi) is 3.98. The third kappa shape index (κ3) is 2.66. The number of rotatable bonds is 3. The van der Waals surface area contributed by atoms with E-state index in [4.69, 9.17) is 11.6 Å². The van der Waals surface area contributed by atoms with Crippen molar-refractivity contribution in [2.24, 2.45) is 0 Å². The van der Waals surface area contributed by atoms with Crippen molar-refractivity contribution in [2.45, 2.75) is 4.90 Å². The molecule has 0 radical (unpaired) electrons. The largest absolute Gasteiger partial charge is 0.507 e. The van der Waals surface area contributed by atoms with E-state index in [1.54, 1.807) is 36.4 Å². The van der Waals surface area contributed by atoms with Crippen LogP contribution in [0.2, 0.25) is 5.02 Å². The van der Waals surface area contributed by atoms with Crippen LogP contribution in [0.1, 0.15) is 0 Å². The van der Waals surface area contributed by atoms with E-state index in [9.17, 15) is 13.5 Å². The van der Waals surface area contributed by atoms with E-state index >= 15 is 0 Å². The van der Waals surface area contributed by atoms with Gasteiger partial charge in [0, 0.05) is 10.4 Å². The third-order valence-electron chi connectivity index (χ3n) is 4.17. The van der Waals surface area contributed by atoms with Gasteiger partial charge in [0.15, 0.2) is 0 Å². The van der Waals surface area contributed by atoms with Crippen LogP contribution in [0, 0.1) is 0 Å². The monoisotopic (exact) mass is 383 g/mol. The predicted molar refractivity (Wildman–Crippen MR) is 103 cm³/mol. The van der Waals surface area contributed by atoms with Crippen LogP contribution in [0.3, 0.4) is 0 Å². The van der Waals surface area contributed by atoms with Crippen molar-refractivity contribution >= 4 is 32.5 Å². The average molecular weight is 384 g/mol. The maximum absolute atomic E-state index is 13.4. The fraction of sp³-hybridized carbons (Fsp3) is 0. The predicted octanol–water partition coefficient (Wildman–Crippen LogP) is 4.90. The molecule has 0 aliphatic heterocycles. The first-order valence-electron chi connectivity index (χ1n) is 7.88. The molecular formula is C20H14ClNO3S. The number of halogens is 1. The molecule has 1 N–H and O–H groups in total. The number of fused-ring (bicyclic) bond motifs is 1. The van der Waals surface area contributed by atoms with Crippen LogP contribution in [0.4, 0.5) is 0 Å². The molecule has 1 aromatic heterocycles. The Morgan fingerprint density at radius 2 is 1.54 bits per heavy atom. The Bertz CT molecular complexity index is 1210. The molecule has 0 aliphatic carbocycles. The van der Waals surface area contributed by atoms with E-state index in [-0.39, 0.29) is 10.6 Å². The second-order valence-electron chi connectivity index (χ2n) is 5.84. The maximum atomic E-state index is 13.4. The van der Waals surface area contributed by atoms with E-state index in [1.165, 1.54) is 16.1 Å². The zero-order valence-electron chi connectivity index (χ0n) is 13.5. The summed E-state index contributed by atoms with van der Waals surface area (Å²) in [6.45, 7) is 0. The number of aromatic hydroxyl groups is 1. The molecule has 0 atom stereocenters. The van der Waals surface area contributed by atoms with Gasteiger partial charge in [0.2, 0.25) is 0 Å². The SMILES string of the molecule is O=S(=O)(c1ccccc1O)n1c(-c2ccccc2)cc2cc(Cl)ccc21. The van der Waals surface area contributed by atoms with Crippen LogP contribution in [-0.4, -0.2) is 17.5 Å². The first kappa shape index (κ1) is 16.7. The highest BCUT2D eigenvalue weighted by Gasteiger charge is 2.26. The van der Waals surface area contributed by atoms with Crippen molar-refractivity contribution in [3.8, 4) is 17.0 Å². The van der Waals surface area contributed by atoms with Crippen molar-refractivity contribution in [2.75, 3.05) is 0 Å². The first-order chi connectivity index (χ1) is 12.5. The van der Waals surface area contributed by atoms with E-state index < -0.39 is 10.0 Å². The number of para-hydroxylation sites is 1. The van der Waals surface area contributed by atoms with Gasteiger partial charge in [-0.05, 0) is 42.0 Å². The number of phenolic OH excluding ortho intramolecular Hbond substituents is 1. The Hall–Kier alpha value is -2.76. The Morgan fingerprint density at radius 1 is 0.846 bits per heavy atom. The average Bonchev–Trinajstić information content (AvgIpc) is 3.02. The summed E-state index contributed by atoms with van der Waals surface area (Å²) in [5.41, 5.74) is 1.75. The summed E-state index contributed by atoms with van der Waals surface area (Å²) in [5, 5.41) is 11.3. The van der Waals surface area contributed by atoms with Crippen LogP contribution < -0.4 is 0 Å². The van der Waals surface area contributed by atoms with Crippen molar-refractivity contribution in [3.63, 3.8) is 0 Å². The standard InChI is InChI=1S/C20H14ClNO3S/c21-16-10-11-17-15(12-16)13-18(14-6-2-1-3-7-14)22(17)26(24,25)20-9-5-4-8-19(20)23/h1-13,23H. The Morgan fingerprint density at radius 3 is 2.27 bits per heavy atom. The van der Waals surface area contributed by atoms with E-state index in [0.717, 1.165) is 5.56 Å². The van der Waals surface area contributed by atoms with Gasteiger partial charge in [-0.2, -0.15) is 0 Å².